The Kier molecular flexibility index (Phi) is 3.85. The molecule has 0 aliphatic rings. The molecule has 19 heavy (non-hydrogen) atoms. The van der Waals surface area contributed by atoms with E-state index < -0.39 is 0 Å². The van der Waals surface area contributed by atoms with Crippen molar-refractivity contribution in [2.75, 3.05) is 14.2 Å². The molecule has 0 spiro atoms. The lowest BCUT2D eigenvalue weighted by atomic mass is 10.00. The van der Waals surface area contributed by atoms with Crippen molar-refractivity contribution >= 4 is 5.97 Å². The van der Waals surface area contributed by atoms with Crippen molar-refractivity contribution in [3.05, 3.63) is 53.6 Å². The van der Waals surface area contributed by atoms with Gasteiger partial charge in [-0.2, -0.15) is 0 Å². The summed E-state index contributed by atoms with van der Waals surface area (Å²) in [6.07, 6.45) is 0. The van der Waals surface area contributed by atoms with Crippen LogP contribution in [0.2, 0.25) is 0 Å². The lowest BCUT2D eigenvalue weighted by Gasteiger charge is -2.08. The largest absolute Gasteiger partial charge is 0.497 e. The minimum atomic E-state index is -0.310. The molecule has 3 heteroatoms. The Hall–Kier alpha value is -2.29. The molecule has 98 valence electrons. The molecule has 2 aromatic carbocycles. The van der Waals surface area contributed by atoms with Gasteiger partial charge in [0.05, 0.1) is 19.8 Å². The lowest BCUT2D eigenvalue weighted by Crippen LogP contribution is -2.03. The van der Waals surface area contributed by atoms with Crippen LogP contribution in [0, 0.1) is 6.92 Å². The van der Waals surface area contributed by atoms with E-state index in [4.69, 9.17) is 9.47 Å². The predicted molar refractivity (Wildman–Crippen MR) is 74.5 cm³/mol. The molecule has 0 heterocycles. The van der Waals surface area contributed by atoms with Gasteiger partial charge in [0.2, 0.25) is 0 Å². The highest BCUT2D eigenvalue weighted by atomic mass is 16.5. The highest BCUT2D eigenvalue weighted by Gasteiger charge is 2.10. The second-order valence-corrected chi connectivity index (χ2v) is 4.25. The Morgan fingerprint density at radius 3 is 2.37 bits per heavy atom. The van der Waals surface area contributed by atoms with E-state index in [-0.39, 0.29) is 5.97 Å². The van der Waals surface area contributed by atoms with Crippen LogP contribution in [0.15, 0.2) is 42.5 Å². The molecule has 0 aromatic heterocycles. The summed E-state index contributed by atoms with van der Waals surface area (Å²) >= 11 is 0. The fraction of sp³-hybridized carbons (Fsp3) is 0.188. The maximum atomic E-state index is 11.5. The lowest BCUT2D eigenvalue weighted by molar-refractivity contribution is 0.0600. The molecule has 0 N–H and O–H groups in total. The maximum absolute atomic E-state index is 11.5. The molecule has 0 saturated heterocycles. The van der Waals surface area contributed by atoms with Crippen LogP contribution in [0.25, 0.3) is 11.1 Å². The smallest absolute Gasteiger partial charge is 0.338 e. The zero-order valence-corrected chi connectivity index (χ0v) is 11.3. The highest BCUT2D eigenvalue weighted by molar-refractivity contribution is 5.91. The van der Waals surface area contributed by atoms with Crippen molar-refractivity contribution in [3.8, 4) is 16.9 Å². The molecule has 0 amide bonds. The summed E-state index contributed by atoms with van der Waals surface area (Å²) in [6.45, 7) is 1.90. The monoisotopic (exact) mass is 256 g/mol. The first-order valence-corrected chi connectivity index (χ1v) is 5.99. The molecule has 0 unspecified atom stereocenters. The van der Waals surface area contributed by atoms with E-state index in [1.165, 1.54) is 7.11 Å². The van der Waals surface area contributed by atoms with Gasteiger partial charge in [-0.15, -0.1) is 0 Å². The number of benzene rings is 2. The zero-order valence-electron chi connectivity index (χ0n) is 11.3. The first-order valence-electron chi connectivity index (χ1n) is 5.99. The molecule has 0 saturated carbocycles. The zero-order chi connectivity index (χ0) is 13.8. The third-order valence-corrected chi connectivity index (χ3v) is 3.03. The summed E-state index contributed by atoms with van der Waals surface area (Å²) in [5.74, 6) is 0.502. The SMILES string of the molecule is COC(=O)c1ccc(-c2cccc(OC)c2)cc1C. The van der Waals surface area contributed by atoms with Gasteiger partial charge in [0.1, 0.15) is 5.75 Å². The Morgan fingerprint density at radius 2 is 1.74 bits per heavy atom. The second kappa shape index (κ2) is 5.57. The molecule has 2 aromatic rings. The van der Waals surface area contributed by atoms with E-state index in [1.807, 2.05) is 43.3 Å². The topological polar surface area (TPSA) is 35.5 Å². The molecular weight excluding hydrogens is 240 g/mol. The van der Waals surface area contributed by atoms with Gasteiger partial charge in [-0.3, -0.25) is 0 Å². The quantitative estimate of drug-likeness (QED) is 0.789. The third-order valence-electron chi connectivity index (χ3n) is 3.03. The highest BCUT2D eigenvalue weighted by Crippen LogP contribution is 2.25. The Bertz CT molecular complexity index is 603. The van der Waals surface area contributed by atoms with Crippen LogP contribution in [-0.2, 0) is 4.74 Å². The van der Waals surface area contributed by atoms with Crippen molar-refractivity contribution in [2.24, 2.45) is 0 Å². The average Bonchev–Trinajstić information content (AvgIpc) is 2.46. The van der Waals surface area contributed by atoms with Gasteiger partial charge in [-0.05, 0) is 41.8 Å². The van der Waals surface area contributed by atoms with E-state index >= 15 is 0 Å². The minimum absolute atomic E-state index is 0.310. The van der Waals surface area contributed by atoms with E-state index in [2.05, 4.69) is 0 Å². The van der Waals surface area contributed by atoms with E-state index in [0.717, 1.165) is 22.4 Å². The molecule has 0 aliphatic heterocycles. The standard InChI is InChI=1S/C16H16O3/c1-11-9-13(7-8-15(11)16(17)19-3)12-5-4-6-14(10-12)18-2/h4-10H,1-3H3. The normalized spacial score (nSPS) is 10.1. The van der Waals surface area contributed by atoms with Crippen molar-refractivity contribution in [1.29, 1.82) is 0 Å². The van der Waals surface area contributed by atoms with Crippen LogP contribution >= 0.6 is 0 Å². The maximum Gasteiger partial charge on any atom is 0.338 e. The number of aryl methyl sites for hydroxylation is 1. The molecule has 0 aliphatic carbocycles. The minimum Gasteiger partial charge on any atom is -0.497 e. The number of carbonyl (C=O) groups is 1. The fourth-order valence-corrected chi connectivity index (χ4v) is 1.98. The van der Waals surface area contributed by atoms with Gasteiger partial charge >= 0.3 is 5.97 Å². The van der Waals surface area contributed by atoms with Crippen LogP contribution in [0.1, 0.15) is 15.9 Å². The van der Waals surface area contributed by atoms with Gasteiger partial charge in [-0.1, -0.05) is 24.3 Å². The third kappa shape index (κ3) is 2.76. The summed E-state index contributed by atoms with van der Waals surface area (Å²) in [6, 6.07) is 13.5. The number of ether oxygens (including phenoxy) is 2. The number of hydrogen-bond acceptors (Lipinski definition) is 3. The summed E-state index contributed by atoms with van der Waals surface area (Å²) in [5, 5.41) is 0. The number of rotatable bonds is 3. The van der Waals surface area contributed by atoms with Crippen molar-refractivity contribution in [3.63, 3.8) is 0 Å². The summed E-state index contributed by atoms with van der Waals surface area (Å²) in [5.41, 5.74) is 3.59. The van der Waals surface area contributed by atoms with Crippen molar-refractivity contribution in [2.45, 2.75) is 6.92 Å². The van der Waals surface area contributed by atoms with E-state index in [1.54, 1.807) is 13.2 Å². The first-order chi connectivity index (χ1) is 9.15. The Labute approximate surface area is 112 Å². The molecule has 0 fully saturated rings. The van der Waals surface area contributed by atoms with Gasteiger partial charge in [-0.25, -0.2) is 4.79 Å². The summed E-state index contributed by atoms with van der Waals surface area (Å²) < 4.78 is 9.95. The van der Waals surface area contributed by atoms with Gasteiger partial charge in [0.15, 0.2) is 0 Å². The van der Waals surface area contributed by atoms with E-state index in [9.17, 15) is 4.79 Å². The Balaban J connectivity index is 2.41. The van der Waals surface area contributed by atoms with Gasteiger partial charge in [0, 0.05) is 0 Å². The predicted octanol–water partition coefficient (Wildman–Crippen LogP) is 3.46. The molecule has 2 rings (SSSR count). The summed E-state index contributed by atoms with van der Waals surface area (Å²) in [4.78, 5) is 11.5. The van der Waals surface area contributed by atoms with Gasteiger partial charge < -0.3 is 9.47 Å². The van der Waals surface area contributed by atoms with Crippen LogP contribution < -0.4 is 4.74 Å². The molecule has 0 atom stereocenters. The van der Waals surface area contributed by atoms with E-state index in [0.29, 0.717) is 5.56 Å². The molecular formula is C16H16O3. The van der Waals surface area contributed by atoms with Crippen LogP contribution in [0.4, 0.5) is 0 Å². The Morgan fingerprint density at radius 1 is 1.00 bits per heavy atom. The van der Waals surface area contributed by atoms with Crippen LogP contribution in [0.3, 0.4) is 0 Å². The average molecular weight is 256 g/mol. The fourth-order valence-electron chi connectivity index (χ4n) is 1.98. The summed E-state index contributed by atoms with van der Waals surface area (Å²) in [7, 11) is 3.03. The van der Waals surface area contributed by atoms with Crippen LogP contribution in [0.5, 0.6) is 5.75 Å². The first kappa shape index (κ1) is 13.1. The number of methoxy groups -OCH3 is 2. The van der Waals surface area contributed by atoms with Crippen molar-refractivity contribution in [1.82, 2.24) is 0 Å². The molecule has 3 nitrogen and oxygen atoms in total. The molecule has 0 radical (unpaired) electrons. The van der Waals surface area contributed by atoms with Crippen molar-refractivity contribution < 1.29 is 14.3 Å². The van der Waals surface area contributed by atoms with Gasteiger partial charge in [0.25, 0.3) is 0 Å². The van der Waals surface area contributed by atoms with Crippen LogP contribution in [-0.4, -0.2) is 20.2 Å². The second-order valence-electron chi connectivity index (χ2n) is 4.25. The number of esters is 1. The number of hydrogen-bond donors (Lipinski definition) is 0. The molecule has 0 bridgehead atoms. The number of carbonyl (C=O) groups excluding carboxylic acids is 1.